The Morgan fingerprint density at radius 1 is 1.00 bits per heavy atom. The van der Waals surface area contributed by atoms with E-state index in [1.807, 2.05) is 32.0 Å². The van der Waals surface area contributed by atoms with Crippen molar-refractivity contribution in [1.29, 1.82) is 0 Å². The second-order valence-electron chi connectivity index (χ2n) is 4.58. The van der Waals surface area contributed by atoms with E-state index in [1.165, 1.54) is 0 Å². The zero-order chi connectivity index (χ0) is 14.7. The number of nitrogens with zero attached hydrogens (tertiary/aromatic N) is 1. The van der Waals surface area contributed by atoms with E-state index >= 15 is 0 Å². The SMILES string of the molecule is CNc1cccc(Nc2cccc(C)c2C)c1[N+](=O)[O-]. The molecule has 5 nitrogen and oxygen atoms in total. The van der Waals surface area contributed by atoms with Crippen LogP contribution in [0, 0.1) is 24.0 Å². The molecule has 20 heavy (non-hydrogen) atoms. The summed E-state index contributed by atoms with van der Waals surface area (Å²) in [6, 6.07) is 11.0. The maximum absolute atomic E-state index is 11.3. The number of hydrogen-bond acceptors (Lipinski definition) is 4. The van der Waals surface area contributed by atoms with E-state index in [0.29, 0.717) is 11.4 Å². The highest BCUT2D eigenvalue weighted by Crippen LogP contribution is 2.35. The van der Waals surface area contributed by atoms with E-state index in [0.717, 1.165) is 16.8 Å². The molecule has 0 unspecified atom stereocenters. The smallest absolute Gasteiger partial charge is 0.315 e. The molecule has 0 fully saturated rings. The minimum Gasteiger partial charge on any atom is -0.382 e. The molecule has 0 spiro atoms. The topological polar surface area (TPSA) is 67.2 Å². The Bertz CT molecular complexity index is 654. The second kappa shape index (κ2) is 5.61. The summed E-state index contributed by atoms with van der Waals surface area (Å²) >= 11 is 0. The van der Waals surface area contributed by atoms with E-state index in [4.69, 9.17) is 0 Å². The zero-order valence-corrected chi connectivity index (χ0v) is 11.7. The van der Waals surface area contributed by atoms with Gasteiger partial charge >= 0.3 is 5.69 Å². The molecule has 2 aromatic rings. The molecule has 0 radical (unpaired) electrons. The fourth-order valence-electron chi connectivity index (χ4n) is 2.07. The first-order valence-corrected chi connectivity index (χ1v) is 6.33. The lowest BCUT2D eigenvalue weighted by atomic mass is 10.1. The number of anilines is 3. The van der Waals surface area contributed by atoms with Crippen molar-refractivity contribution in [2.24, 2.45) is 0 Å². The Morgan fingerprint density at radius 3 is 2.25 bits per heavy atom. The van der Waals surface area contributed by atoms with Gasteiger partial charge in [0.05, 0.1) is 4.92 Å². The van der Waals surface area contributed by atoms with Gasteiger partial charge in [0.25, 0.3) is 0 Å². The predicted octanol–water partition coefficient (Wildman–Crippen LogP) is 4.00. The lowest BCUT2D eigenvalue weighted by Gasteiger charge is -2.13. The lowest BCUT2D eigenvalue weighted by molar-refractivity contribution is -0.383. The van der Waals surface area contributed by atoms with Crippen LogP contribution in [0.5, 0.6) is 0 Å². The number of rotatable bonds is 4. The second-order valence-corrected chi connectivity index (χ2v) is 4.58. The number of hydrogen-bond donors (Lipinski definition) is 2. The van der Waals surface area contributed by atoms with Crippen LogP contribution >= 0.6 is 0 Å². The first-order valence-electron chi connectivity index (χ1n) is 6.33. The van der Waals surface area contributed by atoms with Gasteiger partial charge in [-0.2, -0.15) is 0 Å². The zero-order valence-electron chi connectivity index (χ0n) is 11.7. The Kier molecular flexibility index (Phi) is 3.89. The summed E-state index contributed by atoms with van der Waals surface area (Å²) in [7, 11) is 1.67. The molecular formula is C15H17N3O2. The molecule has 2 rings (SSSR count). The van der Waals surface area contributed by atoms with Crippen LogP contribution in [0.3, 0.4) is 0 Å². The molecule has 0 amide bonds. The van der Waals surface area contributed by atoms with Crippen LogP contribution in [0.1, 0.15) is 11.1 Å². The van der Waals surface area contributed by atoms with Crippen LogP contribution in [-0.4, -0.2) is 12.0 Å². The monoisotopic (exact) mass is 271 g/mol. The van der Waals surface area contributed by atoms with Gasteiger partial charge in [0.15, 0.2) is 0 Å². The largest absolute Gasteiger partial charge is 0.382 e. The normalized spacial score (nSPS) is 10.2. The minimum absolute atomic E-state index is 0.0518. The summed E-state index contributed by atoms with van der Waals surface area (Å²) in [4.78, 5) is 10.9. The number of para-hydroxylation sites is 1. The summed E-state index contributed by atoms with van der Waals surface area (Å²) in [5, 5.41) is 17.3. The number of nitro benzene ring substituents is 1. The summed E-state index contributed by atoms with van der Waals surface area (Å²) in [6.07, 6.45) is 0. The Morgan fingerprint density at radius 2 is 1.60 bits per heavy atom. The lowest BCUT2D eigenvalue weighted by Crippen LogP contribution is -2.02. The molecule has 0 aliphatic carbocycles. The summed E-state index contributed by atoms with van der Waals surface area (Å²) in [5.41, 5.74) is 4.12. The Labute approximate surface area is 117 Å². The molecule has 0 aliphatic heterocycles. The van der Waals surface area contributed by atoms with Crippen LogP contribution in [0.25, 0.3) is 0 Å². The first kappa shape index (κ1) is 13.9. The highest BCUT2D eigenvalue weighted by atomic mass is 16.6. The van der Waals surface area contributed by atoms with Gasteiger partial charge in [-0.3, -0.25) is 10.1 Å². The molecule has 0 atom stereocenters. The Hall–Kier alpha value is -2.56. The first-order chi connectivity index (χ1) is 9.54. The molecule has 0 aromatic heterocycles. The predicted molar refractivity (Wildman–Crippen MR) is 81.8 cm³/mol. The van der Waals surface area contributed by atoms with Crippen LogP contribution in [0.4, 0.5) is 22.7 Å². The number of nitrogens with one attached hydrogen (secondary N) is 2. The molecule has 5 heteroatoms. The third-order valence-corrected chi connectivity index (χ3v) is 3.36. The molecule has 0 saturated carbocycles. The summed E-state index contributed by atoms with van der Waals surface area (Å²) in [5.74, 6) is 0. The number of aryl methyl sites for hydroxylation is 1. The molecule has 0 aliphatic rings. The van der Waals surface area contributed by atoms with Crippen molar-refractivity contribution >= 4 is 22.7 Å². The van der Waals surface area contributed by atoms with E-state index < -0.39 is 0 Å². The van der Waals surface area contributed by atoms with Gasteiger partial charge in [-0.15, -0.1) is 0 Å². The summed E-state index contributed by atoms with van der Waals surface area (Å²) in [6.45, 7) is 4.00. The number of nitro groups is 1. The van der Waals surface area contributed by atoms with Gasteiger partial charge in [0, 0.05) is 12.7 Å². The molecular weight excluding hydrogens is 254 g/mol. The quantitative estimate of drug-likeness (QED) is 0.651. The molecule has 104 valence electrons. The van der Waals surface area contributed by atoms with Crippen molar-refractivity contribution in [3.8, 4) is 0 Å². The van der Waals surface area contributed by atoms with Gasteiger partial charge in [-0.25, -0.2) is 0 Å². The van der Waals surface area contributed by atoms with Crippen molar-refractivity contribution in [3.63, 3.8) is 0 Å². The van der Waals surface area contributed by atoms with E-state index in [-0.39, 0.29) is 10.6 Å². The van der Waals surface area contributed by atoms with Gasteiger partial charge in [-0.05, 0) is 43.2 Å². The third kappa shape index (κ3) is 2.56. The third-order valence-electron chi connectivity index (χ3n) is 3.36. The van der Waals surface area contributed by atoms with Crippen molar-refractivity contribution < 1.29 is 4.92 Å². The maximum atomic E-state index is 11.3. The van der Waals surface area contributed by atoms with Gasteiger partial charge in [0.2, 0.25) is 0 Å². The fraction of sp³-hybridized carbons (Fsp3) is 0.200. The average Bonchev–Trinajstić information content (AvgIpc) is 2.43. The number of benzene rings is 2. The Balaban J connectivity index is 2.48. The van der Waals surface area contributed by atoms with E-state index in [9.17, 15) is 10.1 Å². The van der Waals surface area contributed by atoms with Crippen LogP contribution in [-0.2, 0) is 0 Å². The van der Waals surface area contributed by atoms with Crippen molar-refractivity contribution in [3.05, 3.63) is 57.6 Å². The van der Waals surface area contributed by atoms with E-state index in [2.05, 4.69) is 10.6 Å². The molecule has 0 bridgehead atoms. The van der Waals surface area contributed by atoms with Crippen LogP contribution in [0.15, 0.2) is 36.4 Å². The van der Waals surface area contributed by atoms with Crippen molar-refractivity contribution in [2.75, 3.05) is 17.7 Å². The van der Waals surface area contributed by atoms with Crippen LogP contribution < -0.4 is 10.6 Å². The summed E-state index contributed by atoms with van der Waals surface area (Å²) < 4.78 is 0. The van der Waals surface area contributed by atoms with Gasteiger partial charge in [-0.1, -0.05) is 18.2 Å². The van der Waals surface area contributed by atoms with Crippen molar-refractivity contribution in [2.45, 2.75) is 13.8 Å². The fourth-order valence-corrected chi connectivity index (χ4v) is 2.07. The molecule has 0 saturated heterocycles. The molecule has 2 N–H and O–H groups in total. The van der Waals surface area contributed by atoms with Gasteiger partial charge < -0.3 is 10.6 Å². The minimum atomic E-state index is -0.376. The maximum Gasteiger partial charge on any atom is 0.315 e. The standard InChI is InChI=1S/C15H17N3O2/c1-10-6-4-7-12(11(10)2)17-14-9-5-8-13(16-3)15(14)18(19)20/h4-9,16-17H,1-3H3. The van der Waals surface area contributed by atoms with Crippen molar-refractivity contribution in [1.82, 2.24) is 0 Å². The molecule has 0 heterocycles. The van der Waals surface area contributed by atoms with Gasteiger partial charge in [0.1, 0.15) is 11.4 Å². The van der Waals surface area contributed by atoms with E-state index in [1.54, 1.807) is 25.2 Å². The average molecular weight is 271 g/mol. The highest BCUT2D eigenvalue weighted by molar-refractivity contribution is 5.80. The highest BCUT2D eigenvalue weighted by Gasteiger charge is 2.19. The van der Waals surface area contributed by atoms with Crippen LogP contribution in [0.2, 0.25) is 0 Å². The molecule has 2 aromatic carbocycles.